The van der Waals surface area contributed by atoms with Gasteiger partial charge in [0.25, 0.3) is 0 Å². The number of guanidine groups is 1. The maximum atomic E-state index is 12.1. The number of hydrogen-bond donors (Lipinski definition) is 4. The average molecular weight is 255 g/mol. The van der Waals surface area contributed by atoms with E-state index in [1.165, 1.54) is 12.8 Å². The van der Waals surface area contributed by atoms with Gasteiger partial charge in [0.1, 0.15) is 0 Å². The summed E-state index contributed by atoms with van der Waals surface area (Å²) in [5.41, 5.74) is 11.1. The van der Waals surface area contributed by atoms with Crippen LogP contribution in [-0.2, 0) is 4.79 Å². The standard InChI is InChI=1S/C12H25N5O/c13-10(6-5-7-16-12(14)15)11(18)17-8-3-1-2-4-9-17/h10H,1-9,13H2,(H4,14,15,16)/t10-/m1/s1. The van der Waals surface area contributed by atoms with Gasteiger partial charge in [-0.3, -0.25) is 10.2 Å². The molecule has 0 aromatic heterocycles. The summed E-state index contributed by atoms with van der Waals surface area (Å²) >= 11 is 0. The molecule has 18 heavy (non-hydrogen) atoms. The summed E-state index contributed by atoms with van der Waals surface area (Å²) in [6.45, 7) is 2.28. The number of carbonyl (C=O) groups is 1. The SMILES string of the molecule is N=C(N)NCCC[C@@H](N)C(=O)N1CCCCCC1. The Morgan fingerprint density at radius 1 is 1.28 bits per heavy atom. The molecule has 6 nitrogen and oxygen atoms in total. The molecule has 0 saturated carbocycles. The second-order valence-electron chi connectivity index (χ2n) is 4.83. The molecule has 1 rings (SSSR count). The van der Waals surface area contributed by atoms with E-state index in [-0.39, 0.29) is 11.9 Å². The first-order chi connectivity index (χ1) is 8.61. The molecule has 0 aromatic carbocycles. The van der Waals surface area contributed by atoms with Crippen LogP contribution < -0.4 is 16.8 Å². The fourth-order valence-corrected chi connectivity index (χ4v) is 2.19. The Balaban J connectivity index is 2.24. The molecule has 1 amide bonds. The molecule has 0 bridgehead atoms. The molecule has 0 aromatic rings. The molecule has 1 aliphatic rings. The van der Waals surface area contributed by atoms with Crippen LogP contribution in [0.3, 0.4) is 0 Å². The Bertz CT molecular complexity index is 274. The smallest absolute Gasteiger partial charge is 0.239 e. The Hall–Kier alpha value is -1.30. The maximum absolute atomic E-state index is 12.1. The number of nitrogens with two attached hydrogens (primary N) is 2. The lowest BCUT2D eigenvalue weighted by Gasteiger charge is -2.24. The van der Waals surface area contributed by atoms with E-state index in [0.717, 1.165) is 32.4 Å². The molecule has 0 unspecified atom stereocenters. The van der Waals surface area contributed by atoms with Crippen LogP contribution in [0.2, 0.25) is 0 Å². The van der Waals surface area contributed by atoms with Gasteiger partial charge < -0.3 is 21.7 Å². The number of carbonyl (C=O) groups excluding carboxylic acids is 1. The van der Waals surface area contributed by atoms with Gasteiger partial charge in [-0.05, 0) is 25.7 Å². The zero-order valence-electron chi connectivity index (χ0n) is 11.0. The molecule has 1 aliphatic heterocycles. The molecule has 104 valence electrons. The molecule has 1 atom stereocenters. The molecule has 1 heterocycles. The van der Waals surface area contributed by atoms with Gasteiger partial charge >= 0.3 is 0 Å². The summed E-state index contributed by atoms with van der Waals surface area (Å²) in [6.07, 6.45) is 5.98. The van der Waals surface area contributed by atoms with Crippen molar-refractivity contribution < 1.29 is 4.79 Å². The molecule has 0 spiro atoms. The van der Waals surface area contributed by atoms with Crippen LogP contribution in [0, 0.1) is 5.41 Å². The summed E-state index contributed by atoms with van der Waals surface area (Å²) < 4.78 is 0. The van der Waals surface area contributed by atoms with Crippen LogP contribution in [0.15, 0.2) is 0 Å². The van der Waals surface area contributed by atoms with Crippen molar-refractivity contribution in [1.82, 2.24) is 10.2 Å². The van der Waals surface area contributed by atoms with E-state index in [0.29, 0.717) is 13.0 Å². The second-order valence-corrected chi connectivity index (χ2v) is 4.83. The first-order valence-corrected chi connectivity index (χ1v) is 6.73. The normalized spacial score (nSPS) is 17.9. The molecule has 0 aliphatic carbocycles. The van der Waals surface area contributed by atoms with Crippen LogP contribution in [0.5, 0.6) is 0 Å². The number of hydrogen-bond acceptors (Lipinski definition) is 3. The highest BCUT2D eigenvalue weighted by Gasteiger charge is 2.21. The van der Waals surface area contributed by atoms with E-state index < -0.39 is 6.04 Å². The Kier molecular flexibility index (Phi) is 6.49. The first kappa shape index (κ1) is 14.8. The van der Waals surface area contributed by atoms with Gasteiger partial charge in [-0.1, -0.05) is 12.8 Å². The van der Waals surface area contributed by atoms with Crippen molar-refractivity contribution in [1.29, 1.82) is 5.41 Å². The van der Waals surface area contributed by atoms with Crippen molar-refractivity contribution in [3.05, 3.63) is 0 Å². The van der Waals surface area contributed by atoms with Gasteiger partial charge in [0.15, 0.2) is 5.96 Å². The minimum Gasteiger partial charge on any atom is -0.370 e. The molecule has 1 saturated heterocycles. The molecule has 0 radical (unpaired) electrons. The zero-order chi connectivity index (χ0) is 13.4. The number of likely N-dealkylation sites (tertiary alicyclic amines) is 1. The van der Waals surface area contributed by atoms with Crippen molar-refractivity contribution in [2.45, 2.75) is 44.6 Å². The van der Waals surface area contributed by atoms with Gasteiger partial charge in [0.05, 0.1) is 6.04 Å². The quantitative estimate of drug-likeness (QED) is 0.314. The Morgan fingerprint density at radius 2 is 1.89 bits per heavy atom. The van der Waals surface area contributed by atoms with Crippen molar-refractivity contribution in [2.24, 2.45) is 11.5 Å². The second kappa shape index (κ2) is 7.92. The zero-order valence-corrected chi connectivity index (χ0v) is 11.0. The molecule has 6 N–H and O–H groups in total. The summed E-state index contributed by atoms with van der Waals surface area (Å²) in [7, 11) is 0. The van der Waals surface area contributed by atoms with Crippen LogP contribution in [0.25, 0.3) is 0 Å². The monoisotopic (exact) mass is 255 g/mol. The fraction of sp³-hybridized carbons (Fsp3) is 0.833. The molecular formula is C12H25N5O. The van der Waals surface area contributed by atoms with E-state index in [2.05, 4.69) is 5.32 Å². The van der Waals surface area contributed by atoms with Gasteiger partial charge in [-0.25, -0.2) is 0 Å². The lowest BCUT2D eigenvalue weighted by Crippen LogP contribution is -2.44. The number of nitrogens with zero attached hydrogens (tertiary/aromatic N) is 1. The largest absolute Gasteiger partial charge is 0.370 e. The highest BCUT2D eigenvalue weighted by atomic mass is 16.2. The molecule has 6 heteroatoms. The highest BCUT2D eigenvalue weighted by Crippen LogP contribution is 2.11. The summed E-state index contributed by atoms with van der Waals surface area (Å²) in [5, 5.41) is 9.72. The van der Waals surface area contributed by atoms with Crippen molar-refractivity contribution in [2.75, 3.05) is 19.6 Å². The molecular weight excluding hydrogens is 230 g/mol. The third-order valence-corrected chi connectivity index (χ3v) is 3.24. The van der Waals surface area contributed by atoms with Crippen molar-refractivity contribution in [3.8, 4) is 0 Å². The van der Waals surface area contributed by atoms with Crippen LogP contribution in [0.4, 0.5) is 0 Å². The highest BCUT2D eigenvalue weighted by molar-refractivity contribution is 5.81. The van der Waals surface area contributed by atoms with Gasteiger partial charge in [0.2, 0.25) is 5.91 Å². The number of rotatable bonds is 5. The lowest BCUT2D eigenvalue weighted by molar-refractivity contribution is -0.132. The summed E-state index contributed by atoms with van der Waals surface area (Å²) in [6, 6.07) is -0.420. The Morgan fingerprint density at radius 3 is 2.44 bits per heavy atom. The minimum absolute atomic E-state index is 0.0394. The van der Waals surface area contributed by atoms with E-state index in [1.54, 1.807) is 0 Å². The fourth-order valence-electron chi connectivity index (χ4n) is 2.19. The summed E-state index contributed by atoms with van der Waals surface area (Å²) in [4.78, 5) is 14.0. The van der Waals surface area contributed by atoms with E-state index in [4.69, 9.17) is 16.9 Å². The topological polar surface area (TPSA) is 108 Å². The van der Waals surface area contributed by atoms with E-state index >= 15 is 0 Å². The van der Waals surface area contributed by atoms with Crippen molar-refractivity contribution in [3.63, 3.8) is 0 Å². The Labute approximate surface area is 109 Å². The molecule has 1 fully saturated rings. The van der Waals surface area contributed by atoms with Crippen molar-refractivity contribution >= 4 is 11.9 Å². The van der Waals surface area contributed by atoms with Gasteiger partial charge in [-0.2, -0.15) is 0 Å². The minimum atomic E-state index is -0.420. The summed E-state index contributed by atoms with van der Waals surface area (Å²) in [5.74, 6) is 0.0298. The number of amides is 1. The lowest BCUT2D eigenvalue weighted by atomic mass is 10.1. The van der Waals surface area contributed by atoms with Crippen LogP contribution >= 0.6 is 0 Å². The third kappa shape index (κ3) is 5.35. The van der Waals surface area contributed by atoms with E-state index in [1.807, 2.05) is 4.90 Å². The van der Waals surface area contributed by atoms with E-state index in [9.17, 15) is 4.79 Å². The predicted octanol–water partition coefficient (Wildman–Crippen LogP) is -0.0204. The maximum Gasteiger partial charge on any atom is 0.239 e. The predicted molar refractivity (Wildman–Crippen MR) is 72.2 cm³/mol. The average Bonchev–Trinajstić information content (AvgIpc) is 2.61. The van der Waals surface area contributed by atoms with Crippen LogP contribution in [-0.4, -0.2) is 42.4 Å². The van der Waals surface area contributed by atoms with Gasteiger partial charge in [-0.15, -0.1) is 0 Å². The van der Waals surface area contributed by atoms with Crippen LogP contribution in [0.1, 0.15) is 38.5 Å². The van der Waals surface area contributed by atoms with Gasteiger partial charge in [0, 0.05) is 19.6 Å². The third-order valence-electron chi connectivity index (χ3n) is 3.24. The first-order valence-electron chi connectivity index (χ1n) is 6.73. The number of nitrogens with one attached hydrogen (secondary N) is 2.